The molecule has 9 heteroatoms. The first-order chi connectivity index (χ1) is 14.4. The number of hydrogen-bond acceptors (Lipinski definition) is 7. The molecule has 0 atom stereocenters. The average molecular weight is 407 g/mol. The Morgan fingerprint density at radius 2 is 1.90 bits per heavy atom. The molecule has 0 saturated heterocycles. The largest absolute Gasteiger partial charge is 0.495 e. The van der Waals surface area contributed by atoms with Gasteiger partial charge in [0.05, 0.1) is 25.5 Å². The fraction of sp³-hybridized carbons (Fsp3) is 0.333. The van der Waals surface area contributed by atoms with Crippen LogP contribution in [0.4, 0.5) is 4.79 Å². The number of pyridine rings is 1. The average Bonchev–Trinajstić information content (AvgIpc) is 3.39. The number of hydrogen-bond donors (Lipinski definition) is 0. The molecule has 1 fully saturated rings. The second-order valence-corrected chi connectivity index (χ2v) is 7.24. The molecule has 2 aromatic heterocycles. The summed E-state index contributed by atoms with van der Waals surface area (Å²) in [4.78, 5) is 18.1. The van der Waals surface area contributed by atoms with Gasteiger partial charge in [0.15, 0.2) is 22.8 Å². The van der Waals surface area contributed by atoms with E-state index in [1.54, 1.807) is 43.9 Å². The predicted octanol–water partition coefficient (Wildman–Crippen LogP) is 2.97. The van der Waals surface area contributed by atoms with Gasteiger partial charge in [-0.05, 0) is 37.1 Å². The molecule has 0 aliphatic heterocycles. The lowest BCUT2D eigenvalue weighted by Crippen LogP contribution is -2.28. The van der Waals surface area contributed by atoms with Crippen LogP contribution in [-0.4, -0.2) is 53.9 Å². The van der Waals surface area contributed by atoms with E-state index in [0.717, 1.165) is 11.3 Å². The maximum Gasteiger partial charge on any atom is 0.410 e. The molecule has 0 bridgehead atoms. The third-order valence-electron chi connectivity index (χ3n) is 5.05. The van der Waals surface area contributed by atoms with Gasteiger partial charge in [-0.25, -0.2) is 14.3 Å². The van der Waals surface area contributed by atoms with Crippen LogP contribution in [0.1, 0.15) is 24.2 Å². The lowest BCUT2D eigenvalue weighted by molar-refractivity contribution is 0.0548. The molecule has 9 nitrogen and oxygen atoms in total. The molecule has 0 radical (unpaired) electrons. The van der Waals surface area contributed by atoms with Crippen LogP contribution < -0.4 is 9.47 Å². The van der Waals surface area contributed by atoms with Crippen LogP contribution in [0.25, 0.3) is 16.9 Å². The second-order valence-electron chi connectivity index (χ2n) is 7.24. The summed E-state index contributed by atoms with van der Waals surface area (Å²) in [6, 6.07) is 11.1. The lowest BCUT2D eigenvalue weighted by atomic mass is 10.1. The number of fused-ring (bicyclic) bond motifs is 1. The summed E-state index contributed by atoms with van der Waals surface area (Å²) in [5.41, 5.74) is 1.67. The number of benzene rings is 1. The third-order valence-corrected chi connectivity index (χ3v) is 5.05. The third kappa shape index (κ3) is 3.16. The van der Waals surface area contributed by atoms with E-state index in [-0.39, 0.29) is 0 Å². The Bertz CT molecular complexity index is 1170. The van der Waals surface area contributed by atoms with Crippen molar-refractivity contribution in [3.63, 3.8) is 0 Å². The van der Waals surface area contributed by atoms with Gasteiger partial charge in [0.2, 0.25) is 0 Å². The highest BCUT2D eigenvalue weighted by Crippen LogP contribution is 2.48. The molecule has 0 spiro atoms. The van der Waals surface area contributed by atoms with Crippen molar-refractivity contribution in [1.82, 2.24) is 19.5 Å². The summed E-state index contributed by atoms with van der Waals surface area (Å²) in [6.07, 6.45) is 0.882. The van der Waals surface area contributed by atoms with Crippen LogP contribution in [0, 0.1) is 11.3 Å². The lowest BCUT2D eigenvalue weighted by Gasteiger charge is -2.16. The van der Waals surface area contributed by atoms with E-state index in [2.05, 4.69) is 16.2 Å². The summed E-state index contributed by atoms with van der Waals surface area (Å²) in [5, 5.41) is 13.9. The van der Waals surface area contributed by atoms with Crippen molar-refractivity contribution in [2.45, 2.75) is 18.4 Å². The zero-order chi connectivity index (χ0) is 21.5. The molecule has 4 rings (SSSR count). The van der Waals surface area contributed by atoms with Crippen molar-refractivity contribution >= 4 is 11.7 Å². The zero-order valence-corrected chi connectivity index (χ0v) is 17.2. The molecule has 1 amide bonds. The van der Waals surface area contributed by atoms with Crippen LogP contribution in [0.15, 0.2) is 30.3 Å². The van der Waals surface area contributed by atoms with Crippen LogP contribution in [-0.2, 0) is 10.3 Å². The Hall–Kier alpha value is -3.80. The van der Waals surface area contributed by atoms with Crippen molar-refractivity contribution in [3.8, 4) is 28.8 Å². The van der Waals surface area contributed by atoms with Crippen molar-refractivity contribution in [2.24, 2.45) is 0 Å². The minimum Gasteiger partial charge on any atom is -0.495 e. The Balaban J connectivity index is 1.84. The van der Waals surface area contributed by atoms with Gasteiger partial charge in [-0.1, -0.05) is 6.07 Å². The van der Waals surface area contributed by atoms with Crippen LogP contribution in [0.5, 0.6) is 11.5 Å². The van der Waals surface area contributed by atoms with Gasteiger partial charge in [0.1, 0.15) is 11.8 Å². The smallest absolute Gasteiger partial charge is 0.410 e. The van der Waals surface area contributed by atoms with Crippen molar-refractivity contribution < 1.29 is 19.0 Å². The van der Waals surface area contributed by atoms with Crippen molar-refractivity contribution in [3.05, 3.63) is 41.7 Å². The minimum absolute atomic E-state index is 0.434. The van der Waals surface area contributed by atoms with E-state index in [0.29, 0.717) is 41.4 Å². The molecule has 1 saturated carbocycles. The fourth-order valence-corrected chi connectivity index (χ4v) is 3.20. The van der Waals surface area contributed by atoms with Gasteiger partial charge < -0.3 is 19.1 Å². The highest BCUT2D eigenvalue weighted by atomic mass is 16.6. The van der Waals surface area contributed by atoms with Crippen molar-refractivity contribution in [1.29, 1.82) is 5.26 Å². The number of methoxy groups -OCH3 is 2. The molecule has 2 heterocycles. The maximum absolute atomic E-state index is 12.1. The number of rotatable bonds is 5. The van der Waals surface area contributed by atoms with Gasteiger partial charge in [0, 0.05) is 19.7 Å². The van der Waals surface area contributed by atoms with Crippen LogP contribution in [0.3, 0.4) is 0 Å². The summed E-state index contributed by atoms with van der Waals surface area (Å²) >= 11 is 0. The SMILES string of the molecule is COc1cc(-c2ccc(OC)c3nc(C4(OC(=O)N(C)C)CC4)nn23)ccc1C#N. The highest BCUT2D eigenvalue weighted by Gasteiger charge is 2.53. The molecule has 0 N–H and O–H groups in total. The van der Waals surface area contributed by atoms with E-state index in [9.17, 15) is 10.1 Å². The summed E-state index contributed by atoms with van der Waals surface area (Å²) < 4.78 is 18.1. The van der Waals surface area contributed by atoms with Crippen molar-refractivity contribution in [2.75, 3.05) is 28.3 Å². The monoisotopic (exact) mass is 407 g/mol. The molecule has 0 unspecified atom stereocenters. The highest BCUT2D eigenvalue weighted by molar-refractivity contribution is 5.70. The van der Waals surface area contributed by atoms with Crippen LogP contribution in [0.2, 0.25) is 0 Å². The molecular formula is C21H21N5O4. The fourth-order valence-electron chi connectivity index (χ4n) is 3.20. The molecule has 154 valence electrons. The predicted molar refractivity (Wildman–Crippen MR) is 107 cm³/mol. The molecule has 1 aliphatic rings. The van der Waals surface area contributed by atoms with E-state index in [1.165, 1.54) is 12.0 Å². The molecule has 3 aromatic rings. The topological polar surface area (TPSA) is 102 Å². The Morgan fingerprint density at radius 1 is 1.17 bits per heavy atom. The summed E-state index contributed by atoms with van der Waals surface area (Å²) in [5.74, 6) is 1.45. The van der Waals surface area contributed by atoms with Gasteiger partial charge >= 0.3 is 6.09 Å². The number of carbonyl (C=O) groups excluding carboxylic acids is 1. The first-order valence-electron chi connectivity index (χ1n) is 9.35. The normalized spacial score (nSPS) is 14.1. The Labute approximate surface area is 173 Å². The van der Waals surface area contributed by atoms with E-state index >= 15 is 0 Å². The molecular weight excluding hydrogens is 386 g/mol. The van der Waals surface area contributed by atoms with Gasteiger partial charge in [-0.3, -0.25) is 0 Å². The first-order valence-corrected chi connectivity index (χ1v) is 9.35. The van der Waals surface area contributed by atoms with E-state index in [4.69, 9.17) is 14.2 Å². The minimum atomic E-state index is -0.821. The Morgan fingerprint density at radius 3 is 2.50 bits per heavy atom. The second kappa shape index (κ2) is 7.22. The van der Waals surface area contributed by atoms with Gasteiger partial charge in [0.25, 0.3) is 0 Å². The molecule has 30 heavy (non-hydrogen) atoms. The van der Waals surface area contributed by atoms with E-state index in [1.807, 2.05) is 12.1 Å². The van der Waals surface area contributed by atoms with Gasteiger partial charge in [-0.15, -0.1) is 5.10 Å². The van der Waals surface area contributed by atoms with Crippen LogP contribution >= 0.6 is 0 Å². The number of nitriles is 1. The molecule has 1 aromatic carbocycles. The first kappa shape index (κ1) is 19.5. The van der Waals surface area contributed by atoms with Gasteiger partial charge in [-0.2, -0.15) is 5.26 Å². The quantitative estimate of drug-likeness (QED) is 0.641. The number of ether oxygens (including phenoxy) is 3. The van der Waals surface area contributed by atoms with E-state index < -0.39 is 11.7 Å². The molecule has 1 aliphatic carbocycles. The summed E-state index contributed by atoms with van der Waals surface area (Å²) in [7, 11) is 6.35. The maximum atomic E-state index is 12.1. The Kier molecular flexibility index (Phi) is 4.70. The zero-order valence-electron chi connectivity index (χ0n) is 17.2. The number of amides is 1. The number of carbonyl (C=O) groups is 1. The number of aromatic nitrogens is 3. The summed E-state index contributed by atoms with van der Waals surface area (Å²) in [6.45, 7) is 0. The number of nitrogens with zero attached hydrogens (tertiary/aromatic N) is 5. The standard InChI is InChI=1S/C21H21N5O4/c1-25(2)20(27)30-21(9-10-21)19-23-18-16(28-3)8-7-15(26(18)24-19)13-5-6-14(12-22)17(11-13)29-4/h5-8,11H,9-10H2,1-4H3.